The molecule has 342 valence electrons. The fourth-order valence-electron chi connectivity index (χ4n) is 7.68. The molecular weight excluding hydrogens is 841 g/mol. The number of aryl methyl sites for hydroxylation is 2. The third kappa shape index (κ3) is 14.1. The van der Waals surface area contributed by atoms with Crippen LogP contribution in [0.4, 0.5) is 0 Å². The first kappa shape index (κ1) is 48.6. The first-order chi connectivity index (χ1) is 31.2. The van der Waals surface area contributed by atoms with E-state index >= 15 is 0 Å². The van der Waals surface area contributed by atoms with Crippen LogP contribution in [0, 0.1) is 0 Å². The van der Waals surface area contributed by atoms with Crippen LogP contribution in [-0.2, 0) is 27.1 Å². The second-order valence-electron chi connectivity index (χ2n) is 16.5. The van der Waals surface area contributed by atoms with E-state index in [4.69, 9.17) is 28.4 Å². The lowest BCUT2D eigenvalue weighted by atomic mass is 10.0. The van der Waals surface area contributed by atoms with Crippen LogP contribution in [-0.4, -0.2) is 63.9 Å². The molecule has 0 spiro atoms. The summed E-state index contributed by atoms with van der Waals surface area (Å²) in [6.45, 7) is 10.9. The van der Waals surface area contributed by atoms with Gasteiger partial charge in [-0.1, -0.05) is 58.2 Å². The number of hydrogen-bond acceptors (Lipinski definition) is 10. The van der Waals surface area contributed by atoms with Crippen molar-refractivity contribution in [2.75, 3.05) is 40.6 Å². The summed E-state index contributed by atoms with van der Waals surface area (Å²) in [6, 6.07) is 30.1. The molecule has 1 unspecified atom stereocenters. The number of hydrogen-bond donors (Lipinski definition) is 1. The van der Waals surface area contributed by atoms with E-state index in [9.17, 15) is 9.90 Å². The van der Waals surface area contributed by atoms with Crippen molar-refractivity contribution in [3.05, 3.63) is 108 Å². The molecule has 2 heterocycles. The number of carbonyl (C=O) groups excluding carboxylic acids is 1. The largest absolute Gasteiger partial charge is 0.496 e. The molecule has 64 heavy (non-hydrogen) atoms. The van der Waals surface area contributed by atoms with E-state index in [1.165, 1.54) is 49.7 Å². The van der Waals surface area contributed by atoms with Crippen LogP contribution in [0.3, 0.4) is 0 Å². The summed E-state index contributed by atoms with van der Waals surface area (Å²) < 4.78 is 38.1. The number of aliphatic hydroxyl groups is 1. The highest BCUT2D eigenvalue weighted by atomic mass is 32.1. The Hall–Kier alpha value is -4.87. The van der Waals surface area contributed by atoms with Gasteiger partial charge in [0.25, 0.3) is 0 Å². The number of thiophene rings is 2. The second kappa shape index (κ2) is 25.0. The van der Waals surface area contributed by atoms with Crippen molar-refractivity contribution in [1.29, 1.82) is 0 Å². The zero-order chi connectivity index (χ0) is 45.3. The molecule has 6 aromatic rings. The van der Waals surface area contributed by atoms with E-state index in [0.717, 1.165) is 76.9 Å². The zero-order valence-corrected chi connectivity index (χ0v) is 40.0. The van der Waals surface area contributed by atoms with Crippen LogP contribution in [0.1, 0.15) is 96.1 Å². The fraction of sp³-hybridized carbons (Fsp3) is 0.426. The molecule has 1 N–H and O–H groups in total. The molecule has 6 rings (SSSR count). The zero-order valence-electron chi connectivity index (χ0n) is 38.4. The van der Waals surface area contributed by atoms with Gasteiger partial charge in [-0.15, -0.1) is 22.7 Å². The first-order valence-corrected chi connectivity index (χ1v) is 24.6. The van der Waals surface area contributed by atoms with Gasteiger partial charge in [-0.3, -0.25) is 0 Å². The Morgan fingerprint density at radius 1 is 0.641 bits per heavy atom. The maximum absolute atomic E-state index is 11.8. The van der Waals surface area contributed by atoms with E-state index in [0.29, 0.717) is 44.5 Å². The minimum Gasteiger partial charge on any atom is -0.496 e. The highest BCUT2D eigenvalue weighted by Gasteiger charge is 2.17. The summed E-state index contributed by atoms with van der Waals surface area (Å²) in [4.78, 5) is 14.1. The van der Waals surface area contributed by atoms with E-state index in [-0.39, 0.29) is 19.3 Å². The molecule has 0 saturated carbocycles. The number of ether oxygens (including phenoxy) is 6. The van der Waals surface area contributed by atoms with Gasteiger partial charge in [0.2, 0.25) is 0 Å². The monoisotopic (exact) mass is 906 g/mol. The molecular formula is C54H66O8S2. The molecule has 0 aliphatic carbocycles. The first-order valence-electron chi connectivity index (χ1n) is 23.0. The number of aliphatic hydroxyl groups excluding tert-OH is 1. The Kier molecular flexibility index (Phi) is 19.0. The van der Waals surface area contributed by atoms with Gasteiger partial charge in [0, 0.05) is 48.7 Å². The molecule has 0 radical (unpaired) electrons. The number of unbranched alkanes of at least 4 members (excludes halogenated alkanes) is 4. The predicted molar refractivity (Wildman–Crippen MR) is 265 cm³/mol. The molecule has 10 heteroatoms. The number of esters is 1. The van der Waals surface area contributed by atoms with Crippen molar-refractivity contribution in [3.8, 4) is 43.9 Å². The molecule has 0 aliphatic heterocycles. The van der Waals surface area contributed by atoms with Gasteiger partial charge in [-0.05, 0) is 140 Å². The maximum atomic E-state index is 11.8. The number of carbonyl (C=O) groups is 1. The maximum Gasteiger partial charge on any atom is 0.333 e. The summed E-state index contributed by atoms with van der Waals surface area (Å²) in [6.07, 6.45) is 10.6. The quantitative estimate of drug-likeness (QED) is 0.0296. The van der Waals surface area contributed by atoms with E-state index in [1.54, 1.807) is 43.8 Å². The molecule has 0 aliphatic rings. The van der Waals surface area contributed by atoms with Crippen molar-refractivity contribution < 1.29 is 38.3 Å². The summed E-state index contributed by atoms with van der Waals surface area (Å²) in [5, 5.41) is 13.1. The Morgan fingerprint density at radius 2 is 1.16 bits per heavy atom. The minimum atomic E-state index is -0.703. The van der Waals surface area contributed by atoms with Crippen LogP contribution in [0.2, 0.25) is 0 Å². The molecule has 0 fully saturated rings. The molecule has 0 saturated heterocycles. The average Bonchev–Trinajstić information content (AvgIpc) is 3.93. The topological polar surface area (TPSA) is 92.7 Å². The highest BCUT2D eigenvalue weighted by molar-refractivity contribution is 7.22. The number of benzene rings is 4. The van der Waals surface area contributed by atoms with Crippen LogP contribution in [0.15, 0.2) is 97.1 Å². The van der Waals surface area contributed by atoms with Gasteiger partial charge in [0.05, 0.1) is 52.9 Å². The Balaban J connectivity index is 1.07. The highest BCUT2D eigenvalue weighted by Crippen LogP contribution is 2.41. The molecule has 2 aromatic heterocycles. The van der Waals surface area contributed by atoms with Gasteiger partial charge in [-0.2, -0.15) is 0 Å². The summed E-state index contributed by atoms with van der Waals surface area (Å²) in [5.41, 5.74) is 5.17. The summed E-state index contributed by atoms with van der Waals surface area (Å²) in [5.74, 6) is 2.97. The minimum absolute atomic E-state index is 0.152. The SMILES string of the molecule is C=C(C)C(=O)OCCCC(O)COC(CCOc1ccc2cc(-c3ccc(CCCCC)cc3OC)sc2c1)CCOc1ccc2cc(-c3ccc(CCCCC)cc3OC)sc2c1. The molecule has 0 bridgehead atoms. The summed E-state index contributed by atoms with van der Waals surface area (Å²) in [7, 11) is 3.49. The van der Waals surface area contributed by atoms with E-state index in [1.807, 2.05) is 12.1 Å². The van der Waals surface area contributed by atoms with E-state index < -0.39 is 12.1 Å². The van der Waals surface area contributed by atoms with Crippen molar-refractivity contribution >= 4 is 48.8 Å². The Labute approximate surface area is 388 Å². The molecule has 0 amide bonds. The lowest BCUT2D eigenvalue weighted by Gasteiger charge is -2.21. The third-order valence-electron chi connectivity index (χ3n) is 11.4. The Morgan fingerprint density at radius 3 is 1.62 bits per heavy atom. The van der Waals surface area contributed by atoms with Gasteiger partial charge in [0.15, 0.2) is 0 Å². The average molecular weight is 907 g/mol. The van der Waals surface area contributed by atoms with E-state index in [2.05, 4.69) is 93.2 Å². The lowest BCUT2D eigenvalue weighted by molar-refractivity contribution is -0.139. The van der Waals surface area contributed by atoms with Crippen molar-refractivity contribution in [3.63, 3.8) is 0 Å². The number of methoxy groups -OCH3 is 2. The van der Waals surface area contributed by atoms with Gasteiger partial charge in [0.1, 0.15) is 23.0 Å². The van der Waals surface area contributed by atoms with Crippen LogP contribution in [0.25, 0.3) is 41.1 Å². The Bertz CT molecular complexity index is 2270. The lowest BCUT2D eigenvalue weighted by Crippen LogP contribution is -2.25. The van der Waals surface area contributed by atoms with Crippen molar-refractivity contribution in [2.45, 2.75) is 110 Å². The molecule has 8 nitrogen and oxygen atoms in total. The molecule has 1 atom stereocenters. The van der Waals surface area contributed by atoms with Crippen LogP contribution < -0.4 is 18.9 Å². The second-order valence-corrected chi connectivity index (χ2v) is 18.7. The fourth-order valence-corrected chi connectivity index (χ4v) is 9.92. The number of rotatable bonds is 28. The predicted octanol–water partition coefficient (Wildman–Crippen LogP) is 13.8. The van der Waals surface area contributed by atoms with Crippen molar-refractivity contribution in [2.24, 2.45) is 0 Å². The van der Waals surface area contributed by atoms with Gasteiger partial charge >= 0.3 is 5.97 Å². The standard InChI is InChI=1S/C54H66O8S2/c1-7-9-11-14-38-17-23-46(48(30-38)57-5)52-32-40-19-21-44(34-50(40)63-52)59-28-25-43(62-36-42(55)16-13-27-61-54(56)37(3)4)26-29-60-45-22-20-41-33-53(64-51(41)35-45)47-24-18-39(15-12-10-8-2)31-49(47)58-6/h17-24,30-35,42-43,55H,3,7-16,25-29,36H2,1-2,4-6H3. The van der Waals surface area contributed by atoms with Crippen LogP contribution in [0.5, 0.6) is 23.0 Å². The normalized spacial score (nSPS) is 11.9. The smallest absolute Gasteiger partial charge is 0.333 e. The number of fused-ring (bicyclic) bond motifs is 2. The van der Waals surface area contributed by atoms with Crippen molar-refractivity contribution in [1.82, 2.24) is 0 Å². The van der Waals surface area contributed by atoms with Crippen LogP contribution >= 0.6 is 22.7 Å². The van der Waals surface area contributed by atoms with Gasteiger partial charge in [-0.25, -0.2) is 4.79 Å². The van der Waals surface area contributed by atoms with Gasteiger partial charge < -0.3 is 33.5 Å². The third-order valence-corrected chi connectivity index (χ3v) is 13.7. The molecule has 4 aromatic carbocycles. The summed E-state index contributed by atoms with van der Waals surface area (Å²) >= 11 is 3.46.